The lowest BCUT2D eigenvalue weighted by Gasteiger charge is -2.13. The highest BCUT2D eigenvalue weighted by Crippen LogP contribution is 2.56. The molecular formula is C12H21ClN2O. The second kappa shape index (κ2) is 5.19. The molecule has 3 unspecified atom stereocenters. The number of amides is 1. The fraction of sp³-hybridized carbons (Fsp3) is 0.750. The summed E-state index contributed by atoms with van der Waals surface area (Å²) in [6.07, 6.45) is 4.95. The summed E-state index contributed by atoms with van der Waals surface area (Å²) in [7, 11) is 0. The number of hydrogen-bond donors (Lipinski definition) is 2. The third-order valence-electron chi connectivity index (χ3n) is 3.69. The van der Waals surface area contributed by atoms with Crippen molar-refractivity contribution in [2.75, 3.05) is 13.1 Å². The van der Waals surface area contributed by atoms with E-state index >= 15 is 0 Å². The molecule has 0 bridgehead atoms. The largest absolute Gasteiger partial charge is 0.353 e. The van der Waals surface area contributed by atoms with E-state index in [1.165, 1.54) is 6.42 Å². The molecule has 1 aliphatic carbocycles. The van der Waals surface area contributed by atoms with Gasteiger partial charge in [-0.25, -0.2) is 0 Å². The lowest BCUT2D eigenvalue weighted by atomic mass is 10.0. The van der Waals surface area contributed by atoms with Crippen LogP contribution in [0.3, 0.4) is 0 Å². The standard InChI is InChI=1S/C12H20N2O.ClH/c1-3-4-9(2)14-11(15)10-7-12(10)5-6-13-8-12;/h3,9-10,13H,1,4-8H2,2H3,(H,14,15);1H. The Morgan fingerprint density at radius 1 is 1.75 bits per heavy atom. The summed E-state index contributed by atoms with van der Waals surface area (Å²) in [6.45, 7) is 7.81. The predicted molar refractivity (Wildman–Crippen MR) is 67.7 cm³/mol. The van der Waals surface area contributed by atoms with Crippen LogP contribution in [-0.2, 0) is 4.79 Å². The predicted octanol–water partition coefficient (Wildman–Crippen LogP) is 1.49. The third kappa shape index (κ3) is 2.58. The topological polar surface area (TPSA) is 41.1 Å². The van der Waals surface area contributed by atoms with Gasteiger partial charge in [0.1, 0.15) is 0 Å². The van der Waals surface area contributed by atoms with Crippen LogP contribution in [0.1, 0.15) is 26.2 Å². The molecule has 2 N–H and O–H groups in total. The van der Waals surface area contributed by atoms with Crippen LogP contribution in [-0.4, -0.2) is 25.0 Å². The minimum Gasteiger partial charge on any atom is -0.353 e. The van der Waals surface area contributed by atoms with Crippen molar-refractivity contribution >= 4 is 18.3 Å². The molecule has 0 aromatic carbocycles. The normalized spacial score (nSPS) is 32.9. The number of carbonyl (C=O) groups is 1. The van der Waals surface area contributed by atoms with Crippen LogP contribution in [0, 0.1) is 11.3 Å². The van der Waals surface area contributed by atoms with Crippen LogP contribution in [0.15, 0.2) is 12.7 Å². The Kier molecular flexibility index (Phi) is 4.39. The highest BCUT2D eigenvalue weighted by molar-refractivity contribution is 5.85. The van der Waals surface area contributed by atoms with Crippen LogP contribution >= 0.6 is 12.4 Å². The Balaban J connectivity index is 0.00000128. The Morgan fingerprint density at radius 2 is 2.50 bits per heavy atom. The van der Waals surface area contributed by atoms with E-state index in [-0.39, 0.29) is 30.3 Å². The third-order valence-corrected chi connectivity index (χ3v) is 3.69. The van der Waals surface area contributed by atoms with Crippen molar-refractivity contribution in [2.24, 2.45) is 11.3 Å². The Labute approximate surface area is 103 Å². The van der Waals surface area contributed by atoms with Gasteiger partial charge in [0.25, 0.3) is 0 Å². The quantitative estimate of drug-likeness (QED) is 0.736. The lowest BCUT2D eigenvalue weighted by molar-refractivity contribution is -0.123. The van der Waals surface area contributed by atoms with Gasteiger partial charge in [0.15, 0.2) is 0 Å². The molecule has 4 heteroatoms. The average molecular weight is 245 g/mol. The zero-order valence-electron chi connectivity index (χ0n) is 9.79. The summed E-state index contributed by atoms with van der Waals surface area (Å²) >= 11 is 0. The molecule has 2 rings (SSSR count). The van der Waals surface area contributed by atoms with Gasteiger partial charge in [-0.2, -0.15) is 0 Å². The molecule has 2 fully saturated rings. The van der Waals surface area contributed by atoms with E-state index in [0.29, 0.717) is 5.41 Å². The molecule has 16 heavy (non-hydrogen) atoms. The SMILES string of the molecule is C=CCC(C)NC(=O)C1CC12CCNC2.Cl. The van der Waals surface area contributed by atoms with E-state index < -0.39 is 0 Å². The smallest absolute Gasteiger partial charge is 0.223 e. The van der Waals surface area contributed by atoms with Crippen molar-refractivity contribution in [2.45, 2.75) is 32.2 Å². The minimum absolute atomic E-state index is 0. The molecule has 92 valence electrons. The van der Waals surface area contributed by atoms with Crippen LogP contribution in [0.4, 0.5) is 0 Å². The highest BCUT2D eigenvalue weighted by atomic mass is 35.5. The van der Waals surface area contributed by atoms with Crippen LogP contribution < -0.4 is 10.6 Å². The fourth-order valence-corrected chi connectivity index (χ4v) is 2.61. The van der Waals surface area contributed by atoms with Crippen molar-refractivity contribution in [3.05, 3.63) is 12.7 Å². The molecule has 1 heterocycles. The van der Waals surface area contributed by atoms with Gasteiger partial charge in [0.05, 0.1) is 0 Å². The maximum atomic E-state index is 11.9. The summed E-state index contributed by atoms with van der Waals surface area (Å²) in [5.41, 5.74) is 0.317. The van der Waals surface area contributed by atoms with E-state index in [1.807, 2.05) is 13.0 Å². The molecule has 1 saturated heterocycles. The summed E-state index contributed by atoms with van der Waals surface area (Å²) in [5, 5.41) is 6.40. The van der Waals surface area contributed by atoms with Crippen molar-refractivity contribution in [3.8, 4) is 0 Å². The maximum Gasteiger partial charge on any atom is 0.223 e. The first-order valence-corrected chi connectivity index (χ1v) is 5.80. The Hall–Kier alpha value is -0.540. The monoisotopic (exact) mass is 244 g/mol. The molecular weight excluding hydrogens is 224 g/mol. The van der Waals surface area contributed by atoms with E-state index in [2.05, 4.69) is 17.2 Å². The van der Waals surface area contributed by atoms with Crippen molar-refractivity contribution in [1.82, 2.24) is 10.6 Å². The molecule has 3 nitrogen and oxygen atoms in total. The van der Waals surface area contributed by atoms with Crippen LogP contribution in [0.5, 0.6) is 0 Å². The number of carbonyl (C=O) groups excluding carboxylic acids is 1. The maximum absolute atomic E-state index is 11.9. The number of rotatable bonds is 4. The van der Waals surface area contributed by atoms with E-state index in [4.69, 9.17) is 0 Å². The van der Waals surface area contributed by atoms with Crippen molar-refractivity contribution in [3.63, 3.8) is 0 Å². The second-order valence-electron chi connectivity index (χ2n) is 4.98. The first-order chi connectivity index (χ1) is 7.18. The van der Waals surface area contributed by atoms with Gasteiger partial charge in [0, 0.05) is 18.5 Å². The van der Waals surface area contributed by atoms with Gasteiger partial charge in [-0.3, -0.25) is 4.79 Å². The first kappa shape index (κ1) is 13.5. The summed E-state index contributed by atoms with van der Waals surface area (Å²) in [5.74, 6) is 0.507. The van der Waals surface area contributed by atoms with Crippen molar-refractivity contribution < 1.29 is 4.79 Å². The Morgan fingerprint density at radius 3 is 3.06 bits per heavy atom. The number of hydrogen-bond acceptors (Lipinski definition) is 2. The summed E-state index contributed by atoms with van der Waals surface area (Å²) in [4.78, 5) is 11.9. The number of nitrogens with one attached hydrogen (secondary N) is 2. The van der Waals surface area contributed by atoms with Gasteiger partial charge < -0.3 is 10.6 Å². The molecule has 1 amide bonds. The lowest BCUT2D eigenvalue weighted by Crippen LogP contribution is -2.35. The molecule has 0 radical (unpaired) electrons. The minimum atomic E-state index is 0. The van der Waals surface area contributed by atoms with Crippen LogP contribution in [0.25, 0.3) is 0 Å². The number of halogens is 1. The molecule has 1 aliphatic heterocycles. The van der Waals surface area contributed by atoms with E-state index in [0.717, 1.165) is 25.9 Å². The Bertz CT molecular complexity index is 274. The highest BCUT2D eigenvalue weighted by Gasteiger charge is 2.58. The molecule has 1 saturated carbocycles. The molecule has 1 spiro atoms. The van der Waals surface area contributed by atoms with Crippen LogP contribution in [0.2, 0.25) is 0 Å². The molecule has 0 aromatic heterocycles. The molecule has 0 aromatic rings. The van der Waals surface area contributed by atoms with Gasteiger partial charge >= 0.3 is 0 Å². The molecule has 3 atom stereocenters. The zero-order chi connectivity index (χ0) is 10.9. The van der Waals surface area contributed by atoms with Crippen molar-refractivity contribution in [1.29, 1.82) is 0 Å². The van der Waals surface area contributed by atoms with Gasteiger partial charge in [-0.1, -0.05) is 6.08 Å². The average Bonchev–Trinajstić information content (AvgIpc) is 2.65. The second-order valence-corrected chi connectivity index (χ2v) is 4.98. The molecule has 2 aliphatic rings. The van der Waals surface area contributed by atoms with Gasteiger partial charge in [-0.05, 0) is 38.1 Å². The fourth-order valence-electron chi connectivity index (χ4n) is 2.61. The van der Waals surface area contributed by atoms with Gasteiger partial charge in [-0.15, -0.1) is 19.0 Å². The van der Waals surface area contributed by atoms with Gasteiger partial charge in [0.2, 0.25) is 5.91 Å². The van der Waals surface area contributed by atoms with E-state index in [1.54, 1.807) is 0 Å². The zero-order valence-corrected chi connectivity index (χ0v) is 10.6. The first-order valence-electron chi connectivity index (χ1n) is 5.80. The summed E-state index contributed by atoms with van der Waals surface area (Å²) < 4.78 is 0. The summed E-state index contributed by atoms with van der Waals surface area (Å²) in [6, 6.07) is 0.224. The van der Waals surface area contributed by atoms with E-state index in [9.17, 15) is 4.79 Å².